The van der Waals surface area contributed by atoms with E-state index in [-0.39, 0.29) is 5.91 Å². The van der Waals surface area contributed by atoms with Crippen LogP contribution in [0.1, 0.15) is 17.7 Å². The lowest BCUT2D eigenvalue weighted by Gasteiger charge is -2.02. The average molecular weight is 299 g/mol. The largest absolute Gasteiger partial charge is 0.323 e. The molecule has 2 heterocycles. The van der Waals surface area contributed by atoms with Gasteiger partial charge in [-0.3, -0.25) is 9.48 Å². The first-order chi connectivity index (χ1) is 9.63. The number of thiophene rings is 1. The number of hydrogen-bond donors (Lipinski definition) is 1. The second-order valence-electron chi connectivity index (χ2n) is 4.32. The van der Waals surface area contributed by atoms with Gasteiger partial charge in [-0.1, -0.05) is 6.07 Å². The second-order valence-corrected chi connectivity index (χ2v) is 5.36. The maximum atomic E-state index is 12.1. The van der Waals surface area contributed by atoms with E-state index in [1.54, 1.807) is 11.3 Å². The van der Waals surface area contributed by atoms with E-state index in [0.29, 0.717) is 12.1 Å². The van der Waals surface area contributed by atoms with Gasteiger partial charge in [0.25, 0.3) is 6.43 Å². The summed E-state index contributed by atoms with van der Waals surface area (Å²) in [6.07, 6.45) is 2.36. The summed E-state index contributed by atoms with van der Waals surface area (Å²) >= 11 is 1.67. The number of nitrogens with zero attached hydrogens (tertiary/aromatic N) is 2. The van der Waals surface area contributed by atoms with Crippen LogP contribution in [-0.2, 0) is 17.8 Å². The van der Waals surface area contributed by atoms with Crippen LogP contribution in [0.2, 0.25) is 0 Å². The Morgan fingerprint density at radius 3 is 3.05 bits per heavy atom. The molecule has 0 fully saturated rings. The van der Waals surface area contributed by atoms with Gasteiger partial charge in [0.1, 0.15) is 6.54 Å². The highest BCUT2D eigenvalue weighted by atomic mass is 32.1. The van der Waals surface area contributed by atoms with Crippen LogP contribution in [0.25, 0.3) is 0 Å². The van der Waals surface area contributed by atoms with E-state index < -0.39 is 13.0 Å². The third kappa shape index (κ3) is 4.73. The van der Waals surface area contributed by atoms with Gasteiger partial charge in [-0.15, -0.1) is 11.3 Å². The van der Waals surface area contributed by atoms with Gasteiger partial charge in [0.2, 0.25) is 5.91 Å². The van der Waals surface area contributed by atoms with Gasteiger partial charge in [-0.05, 0) is 24.3 Å². The molecule has 1 N–H and O–H groups in total. The summed E-state index contributed by atoms with van der Waals surface area (Å²) in [5.74, 6) is -0.127. The Morgan fingerprint density at radius 2 is 2.35 bits per heavy atom. The summed E-state index contributed by atoms with van der Waals surface area (Å²) < 4.78 is 25.4. The van der Waals surface area contributed by atoms with Crippen molar-refractivity contribution in [1.82, 2.24) is 9.78 Å². The van der Waals surface area contributed by atoms with Gasteiger partial charge in [0.05, 0.1) is 11.9 Å². The van der Waals surface area contributed by atoms with Crippen LogP contribution >= 0.6 is 11.3 Å². The van der Waals surface area contributed by atoms with Crippen molar-refractivity contribution in [3.8, 4) is 0 Å². The quantitative estimate of drug-likeness (QED) is 0.853. The summed E-state index contributed by atoms with van der Waals surface area (Å²) in [6, 6.07) is 4.02. The highest BCUT2D eigenvalue weighted by molar-refractivity contribution is 7.09. The van der Waals surface area contributed by atoms with E-state index in [2.05, 4.69) is 10.4 Å². The molecule has 2 rings (SSSR count). The van der Waals surface area contributed by atoms with Crippen LogP contribution in [0.5, 0.6) is 0 Å². The zero-order valence-corrected chi connectivity index (χ0v) is 11.6. The molecule has 0 atom stereocenters. The van der Waals surface area contributed by atoms with E-state index in [9.17, 15) is 13.6 Å². The number of amides is 1. The van der Waals surface area contributed by atoms with E-state index in [1.807, 2.05) is 17.5 Å². The number of anilines is 1. The molecule has 0 aliphatic rings. The lowest BCUT2D eigenvalue weighted by molar-refractivity contribution is -0.116. The van der Waals surface area contributed by atoms with Crippen molar-refractivity contribution in [2.45, 2.75) is 32.2 Å². The average Bonchev–Trinajstić information content (AvgIpc) is 3.00. The zero-order chi connectivity index (χ0) is 14.4. The molecule has 0 unspecified atom stereocenters. The number of hydrogen-bond acceptors (Lipinski definition) is 3. The molecule has 0 aliphatic heterocycles. The van der Waals surface area contributed by atoms with Crippen LogP contribution in [0.4, 0.5) is 14.5 Å². The van der Waals surface area contributed by atoms with Crippen molar-refractivity contribution in [1.29, 1.82) is 0 Å². The van der Waals surface area contributed by atoms with Gasteiger partial charge < -0.3 is 5.32 Å². The van der Waals surface area contributed by atoms with Crippen molar-refractivity contribution < 1.29 is 13.6 Å². The van der Waals surface area contributed by atoms with Crippen molar-refractivity contribution in [2.24, 2.45) is 0 Å². The van der Waals surface area contributed by atoms with E-state index in [0.717, 1.165) is 17.5 Å². The standard InChI is InChI=1S/C13H15F2N3OS/c14-12(15)9-18-8-10(7-16-18)17-13(19)5-1-3-11-4-2-6-20-11/h2,4,6-8,12H,1,3,5,9H2,(H,17,19). The fourth-order valence-corrected chi connectivity index (χ4v) is 2.52. The molecular formula is C13H15F2N3OS. The number of aryl methyl sites for hydroxylation is 1. The van der Waals surface area contributed by atoms with Crippen molar-refractivity contribution >= 4 is 22.9 Å². The SMILES string of the molecule is O=C(CCCc1cccs1)Nc1cnn(CC(F)F)c1. The van der Waals surface area contributed by atoms with E-state index in [4.69, 9.17) is 0 Å². The van der Waals surface area contributed by atoms with Gasteiger partial charge in [0.15, 0.2) is 0 Å². The molecule has 0 bridgehead atoms. The number of nitrogens with one attached hydrogen (secondary N) is 1. The fourth-order valence-electron chi connectivity index (χ4n) is 1.77. The number of aromatic nitrogens is 2. The van der Waals surface area contributed by atoms with Crippen LogP contribution in [0.3, 0.4) is 0 Å². The maximum absolute atomic E-state index is 12.1. The summed E-state index contributed by atoms with van der Waals surface area (Å²) in [7, 11) is 0. The van der Waals surface area contributed by atoms with Gasteiger partial charge >= 0.3 is 0 Å². The molecule has 0 aromatic carbocycles. The van der Waals surface area contributed by atoms with E-state index in [1.165, 1.54) is 17.3 Å². The Hall–Kier alpha value is -1.76. The minimum atomic E-state index is -2.45. The Labute approximate surface area is 119 Å². The fraction of sp³-hybridized carbons (Fsp3) is 0.385. The normalized spacial score (nSPS) is 10.9. The molecule has 0 saturated heterocycles. The number of halogens is 2. The molecule has 0 saturated carbocycles. The number of carbonyl (C=O) groups excluding carboxylic acids is 1. The maximum Gasteiger partial charge on any atom is 0.257 e. The predicted octanol–water partition coefficient (Wildman–Crippen LogP) is 3.17. The first-order valence-electron chi connectivity index (χ1n) is 6.26. The molecule has 0 radical (unpaired) electrons. The molecule has 2 aromatic heterocycles. The molecule has 0 spiro atoms. The molecule has 20 heavy (non-hydrogen) atoms. The van der Waals surface area contributed by atoms with Crippen LogP contribution in [-0.4, -0.2) is 22.1 Å². The number of carbonyl (C=O) groups is 1. The molecule has 2 aromatic rings. The summed E-state index contributed by atoms with van der Waals surface area (Å²) in [6.45, 7) is -0.464. The lowest BCUT2D eigenvalue weighted by Crippen LogP contribution is -2.11. The molecule has 7 heteroatoms. The summed E-state index contributed by atoms with van der Waals surface area (Å²) in [5, 5.41) is 8.41. The number of alkyl halides is 2. The molecule has 0 aliphatic carbocycles. The monoisotopic (exact) mass is 299 g/mol. The molecular weight excluding hydrogens is 284 g/mol. The first kappa shape index (κ1) is 14.6. The summed E-state index contributed by atoms with van der Waals surface area (Å²) in [5.41, 5.74) is 0.451. The molecule has 1 amide bonds. The highest BCUT2D eigenvalue weighted by Crippen LogP contribution is 2.13. The van der Waals surface area contributed by atoms with Crippen LogP contribution in [0.15, 0.2) is 29.9 Å². The van der Waals surface area contributed by atoms with Crippen molar-refractivity contribution in [2.75, 3.05) is 5.32 Å². The van der Waals surface area contributed by atoms with Crippen LogP contribution < -0.4 is 5.32 Å². The van der Waals surface area contributed by atoms with Gasteiger partial charge in [-0.2, -0.15) is 5.10 Å². The zero-order valence-electron chi connectivity index (χ0n) is 10.8. The van der Waals surface area contributed by atoms with Crippen LogP contribution in [0, 0.1) is 0 Å². The third-order valence-corrected chi connectivity index (χ3v) is 3.59. The highest BCUT2D eigenvalue weighted by Gasteiger charge is 2.08. The van der Waals surface area contributed by atoms with Gasteiger partial charge in [0, 0.05) is 17.5 Å². The first-order valence-corrected chi connectivity index (χ1v) is 7.14. The predicted molar refractivity (Wildman–Crippen MR) is 74.1 cm³/mol. The second kappa shape index (κ2) is 7.14. The third-order valence-electron chi connectivity index (χ3n) is 2.65. The Morgan fingerprint density at radius 1 is 1.50 bits per heavy atom. The minimum Gasteiger partial charge on any atom is -0.323 e. The number of rotatable bonds is 7. The Bertz CT molecular complexity index is 540. The Balaban J connectivity index is 1.72. The van der Waals surface area contributed by atoms with Crippen molar-refractivity contribution in [3.05, 3.63) is 34.8 Å². The minimum absolute atomic E-state index is 0.127. The molecule has 108 valence electrons. The van der Waals surface area contributed by atoms with Gasteiger partial charge in [-0.25, -0.2) is 8.78 Å². The Kier molecular flexibility index (Phi) is 5.23. The van der Waals surface area contributed by atoms with Crippen molar-refractivity contribution in [3.63, 3.8) is 0 Å². The summed E-state index contributed by atoms with van der Waals surface area (Å²) in [4.78, 5) is 12.9. The smallest absolute Gasteiger partial charge is 0.257 e. The van der Waals surface area contributed by atoms with E-state index >= 15 is 0 Å². The molecule has 4 nitrogen and oxygen atoms in total. The topological polar surface area (TPSA) is 46.9 Å². The lowest BCUT2D eigenvalue weighted by atomic mass is 10.2.